The number of nitrogens with one attached hydrogen (secondary N) is 2. The van der Waals surface area contributed by atoms with Crippen LogP contribution < -0.4 is 15.4 Å². The van der Waals surface area contributed by atoms with Crippen LogP contribution >= 0.6 is 0 Å². The zero-order valence-electron chi connectivity index (χ0n) is 17.3. The molecule has 0 radical (unpaired) electrons. The Morgan fingerprint density at radius 3 is 2.45 bits per heavy atom. The van der Waals surface area contributed by atoms with Crippen molar-refractivity contribution >= 4 is 17.5 Å². The Hall–Kier alpha value is -3.74. The third-order valence-corrected chi connectivity index (χ3v) is 4.76. The molecule has 1 aliphatic rings. The second-order valence-electron chi connectivity index (χ2n) is 7.61. The van der Waals surface area contributed by atoms with Gasteiger partial charge in [-0.3, -0.25) is 9.59 Å². The van der Waals surface area contributed by atoms with Gasteiger partial charge in [0.05, 0.1) is 12.1 Å². The molecule has 1 saturated carbocycles. The van der Waals surface area contributed by atoms with Crippen LogP contribution in [0, 0.1) is 6.92 Å². The molecule has 7 nitrogen and oxygen atoms in total. The van der Waals surface area contributed by atoms with Crippen LogP contribution in [0.5, 0.6) is 5.88 Å². The molecule has 1 aliphatic carbocycles. The molecule has 2 N–H and O–H groups in total. The fourth-order valence-electron chi connectivity index (χ4n) is 3.00. The highest BCUT2D eigenvalue weighted by Crippen LogP contribution is 2.21. The largest absolute Gasteiger partial charge is 0.467 e. The molecule has 158 valence electrons. The number of amides is 2. The van der Waals surface area contributed by atoms with Crippen LogP contribution in [0.1, 0.15) is 24.1 Å². The second-order valence-corrected chi connectivity index (χ2v) is 7.61. The first kappa shape index (κ1) is 20.5. The average molecular weight is 416 g/mol. The average Bonchev–Trinajstić information content (AvgIpc) is 3.58. The van der Waals surface area contributed by atoms with Crippen LogP contribution in [0.15, 0.2) is 60.7 Å². The topological polar surface area (TPSA) is 93.2 Å². The third-order valence-electron chi connectivity index (χ3n) is 4.76. The van der Waals surface area contributed by atoms with E-state index < -0.39 is 0 Å². The first-order valence-electron chi connectivity index (χ1n) is 10.3. The molecule has 31 heavy (non-hydrogen) atoms. The lowest BCUT2D eigenvalue weighted by molar-refractivity contribution is -0.120. The number of carbonyl (C=O) groups is 2. The molecule has 0 atom stereocenters. The van der Waals surface area contributed by atoms with E-state index in [9.17, 15) is 9.59 Å². The van der Waals surface area contributed by atoms with Gasteiger partial charge >= 0.3 is 0 Å². The zero-order chi connectivity index (χ0) is 21.6. The maximum Gasteiger partial charge on any atom is 0.262 e. The van der Waals surface area contributed by atoms with Crippen molar-refractivity contribution < 1.29 is 14.3 Å². The van der Waals surface area contributed by atoms with Crippen LogP contribution in [-0.4, -0.2) is 34.4 Å². The quantitative estimate of drug-likeness (QED) is 0.588. The lowest BCUT2D eigenvalue weighted by Crippen LogP contribution is -2.27. The zero-order valence-corrected chi connectivity index (χ0v) is 17.3. The number of ether oxygens (including phenoxy) is 1. The number of rotatable bonds is 8. The summed E-state index contributed by atoms with van der Waals surface area (Å²) in [6.45, 7) is 1.78. The van der Waals surface area contributed by atoms with E-state index in [1.54, 1.807) is 6.07 Å². The first-order valence-corrected chi connectivity index (χ1v) is 10.3. The van der Waals surface area contributed by atoms with Gasteiger partial charge in [-0.05, 0) is 31.9 Å². The van der Waals surface area contributed by atoms with Crippen LogP contribution in [0.2, 0.25) is 0 Å². The van der Waals surface area contributed by atoms with Crippen LogP contribution in [0.3, 0.4) is 0 Å². The normalized spacial score (nSPS) is 12.8. The van der Waals surface area contributed by atoms with Gasteiger partial charge in [0.2, 0.25) is 11.8 Å². The third kappa shape index (κ3) is 6.12. The van der Waals surface area contributed by atoms with E-state index in [-0.39, 0.29) is 36.8 Å². The summed E-state index contributed by atoms with van der Waals surface area (Å²) in [5.74, 6) is 0.327. The Morgan fingerprint density at radius 1 is 1.00 bits per heavy atom. The SMILES string of the molecule is Cc1ccc(NC(=O)COc2cc(CC(=O)NC3CC3)nc(-c3ccccc3)n2)cc1. The van der Waals surface area contributed by atoms with E-state index >= 15 is 0 Å². The minimum atomic E-state index is -0.295. The van der Waals surface area contributed by atoms with Crippen molar-refractivity contribution in [3.8, 4) is 17.3 Å². The highest BCUT2D eigenvalue weighted by molar-refractivity contribution is 5.91. The molecular formula is C24H24N4O3. The number of hydrogen-bond donors (Lipinski definition) is 2. The molecule has 0 unspecified atom stereocenters. The van der Waals surface area contributed by atoms with Gasteiger partial charge in [0.15, 0.2) is 12.4 Å². The number of nitrogens with zero attached hydrogens (tertiary/aromatic N) is 2. The molecule has 7 heteroatoms. The fraction of sp³-hybridized carbons (Fsp3) is 0.250. The van der Waals surface area contributed by atoms with Gasteiger partial charge in [-0.1, -0.05) is 48.0 Å². The molecule has 2 amide bonds. The van der Waals surface area contributed by atoms with Crippen LogP contribution in [-0.2, 0) is 16.0 Å². The Balaban J connectivity index is 1.46. The molecule has 2 aromatic carbocycles. The van der Waals surface area contributed by atoms with Crippen molar-refractivity contribution in [2.75, 3.05) is 11.9 Å². The highest BCUT2D eigenvalue weighted by Gasteiger charge is 2.23. The van der Waals surface area contributed by atoms with Crippen molar-refractivity contribution in [2.24, 2.45) is 0 Å². The smallest absolute Gasteiger partial charge is 0.262 e. The van der Waals surface area contributed by atoms with Gasteiger partial charge in [0.1, 0.15) is 0 Å². The van der Waals surface area contributed by atoms with Crippen LogP contribution in [0.25, 0.3) is 11.4 Å². The summed E-state index contributed by atoms with van der Waals surface area (Å²) in [7, 11) is 0. The molecular weight excluding hydrogens is 392 g/mol. The van der Waals surface area contributed by atoms with E-state index in [1.165, 1.54) is 0 Å². The molecule has 0 saturated heterocycles. The van der Waals surface area contributed by atoms with Gasteiger partial charge in [-0.2, -0.15) is 4.98 Å². The standard InChI is InChI=1S/C24H24N4O3/c1-16-7-9-18(10-8-16)26-22(30)15-31-23-14-20(13-21(29)25-19-11-12-19)27-24(28-23)17-5-3-2-4-6-17/h2-10,14,19H,11-13,15H2,1H3,(H,25,29)(H,26,30). The Kier molecular flexibility index (Phi) is 6.21. The minimum absolute atomic E-state index is 0.0803. The van der Waals surface area contributed by atoms with Gasteiger partial charge < -0.3 is 15.4 Å². The summed E-state index contributed by atoms with van der Waals surface area (Å²) in [5, 5.41) is 5.75. The predicted octanol–water partition coefficient (Wildman–Crippen LogP) is 3.29. The van der Waals surface area contributed by atoms with E-state index in [1.807, 2.05) is 61.5 Å². The maximum absolute atomic E-state index is 12.3. The second kappa shape index (κ2) is 9.38. The van der Waals surface area contributed by atoms with Crippen LogP contribution in [0.4, 0.5) is 5.69 Å². The highest BCUT2D eigenvalue weighted by atomic mass is 16.5. The Bertz CT molecular complexity index is 1060. The lowest BCUT2D eigenvalue weighted by Gasteiger charge is -2.10. The molecule has 0 spiro atoms. The van der Waals surface area contributed by atoms with Crippen molar-refractivity contribution in [3.05, 3.63) is 71.9 Å². The number of anilines is 1. The molecule has 3 aromatic rings. The fourth-order valence-corrected chi connectivity index (χ4v) is 3.00. The molecule has 1 aromatic heterocycles. The van der Waals surface area contributed by atoms with Gasteiger partial charge in [0.25, 0.3) is 5.91 Å². The van der Waals surface area contributed by atoms with E-state index in [2.05, 4.69) is 20.6 Å². The molecule has 1 fully saturated rings. The number of hydrogen-bond acceptors (Lipinski definition) is 5. The molecule has 0 bridgehead atoms. The molecule has 0 aliphatic heterocycles. The molecule has 4 rings (SSSR count). The summed E-state index contributed by atoms with van der Waals surface area (Å²) in [6, 6.07) is 18.9. The summed E-state index contributed by atoms with van der Waals surface area (Å²) in [6.07, 6.45) is 2.18. The number of aryl methyl sites for hydroxylation is 1. The number of carbonyl (C=O) groups excluding carboxylic acids is 2. The van der Waals surface area contributed by atoms with Crippen molar-refractivity contribution in [1.82, 2.24) is 15.3 Å². The van der Waals surface area contributed by atoms with Crippen molar-refractivity contribution in [3.63, 3.8) is 0 Å². The van der Waals surface area contributed by atoms with E-state index in [0.717, 1.165) is 24.0 Å². The van der Waals surface area contributed by atoms with Gasteiger partial charge in [-0.25, -0.2) is 4.98 Å². The van der Waals surface area contributed by atoms with Crippen molar-refractivity contribution in [1.29, 1.82) is 0 Å². The Morgan fingerprint density at radius 2 is 1.74 bits per heavy atom. The van der Waals surface area contributed by atoms with E-state index in [4.69, 9.17) is 4.74 Å². The van der Waals surface area contributed by atoms with Gasteiger partial charge in [0, 0.05) is 23.4 Å². The summed E-state index contributed by atoms with van der Waals surface area (Å²) >= 11 is 0. The number of aromatic nitrogens is 2. The predicted molar refractivity (Wildman–Crippen MR) is 118 cm³/mol. The lowest BCUT2D eigenvalue weighted by atomic mass is 10.2. The van der Waals surface area contributed by atoms with Crippen molar-refractivity contribution in [2.45, 2.75) is 32.2 Å². The minimum Gasteiger partial charge on any atom is -0.467 e. The maximum atomic E-state index is 12.3. The summed E-state index contributed by atoms with van der Waals surface area (Å²) in [4.78, 5) is 33.5. The number of benzene rings is 2. The van der Waals surface area contributed by atoms with E-state index in [0.29, 0.717) is 17.2 Å². The summed E-state index contributed by atoms with van der Waals surface area (Å²) < 4.78 is 5.65. The Labute approximate surface area is 180 Å². The van der Waals surface area contributed by atoms with Gasteiger partial charge in [-0.15, -0.1) is 0 Å². The monoisotopic (exact) mass is 416 g/mol. The summed E-state index contributed by atoms with van der Waals surface area (Å²) in [5.41, 5.74) is 3.16. The first-order chi connectivity index (χ1) is 15.0. The molecule has 1 heterocycles.